The predicted molar refractivity (Wildman–Crippen MR) is 107 cm³/mol. The molecule has 0 atom stereocenters. The topological polar surface area (TPSA) is 66.5 Å². The molecule has 1 aliphatic carbocycles. The van der Waals surface area contributed by atoms with E-state index >= 15 is 0 Å². The zero-order valence-corrected chi connectivity index (χ0v) is 16.6. The van der Waals surface area contributed by atoms with E-state index < -0.39 is 0 Å². The number of pyridine rings is 1. The molecule has 2 aliphatic rings. The molecule has 0 radical (unpaired) electrons. The minimum Gasteiger partial charge on any atom is -0.473 e. The van der Waals surface area contributed by atoms with Gasteiger partial charge < -0.3 is 15.4 Å². The number of hydrogen-bond donors (Lipinski definition) is 2. The van der Waals surface area contributed by atoms with Crippen molar-refractivity contribution in [2.75, 3.05) is 36.5 Å². The first kappa shape index (κ1) is 19.3. The van der Waals surface area contributed by atoms with E-state index in [-0.39, 0.29) is 17.7 Å². The quantitative estimate of drug-likeness (QED) is 0.795. The van der Waals surface area contributed by atoms with Crippen molar-refractivity contribution < 1.29 is 9.53 Å². The lowest BCUT2D eigenvalue weighted by Crippen LogP contribution is -2.56. The van der Waals surface area contributed by atoms with E-state index in [2.05, 4.69) is 20.5 Å². The van der Waals surface area contributed by atoms with E-state index in [0.29, 0.717) is 18.1 Å². The van der Waals surface area contributed by atoms with Crippen LogP contribution in [0.2, 0.25) is 0 Å². The second-order valence-corrected chi connectivity index (χ2v) is 8.59. The summed E-state index contributed by atoms with van der Waals surface area (Å²) in [5.74, 6) is 2.85. The second-order valence-electron chi connectivity index (χ2n) is 7.36. The fourth-order valence-electron chi connectivity index (χ4n) is 3.89. The van der Waals surface area contributed by atoms with Crippen molar-refractivity contribution in [1.82, 2.24) is 15.2 Å². The minimum atomic E-state index is -0.190. The Kier molecular flexibility index (Phi) is 6.64. The van der Waals surface area contributed by atoms with Crippen molar-refractivity contribution >= 4 is 23.5 Å². The molecule has 1 aromatic heterocycles. The number of carbonyl (C=O) groups is 1. The Bertz CT molecular complexity index is 599. The number of nitrogens with zero attached hydrogens (tertiary/aromatic N) is 2. The van der Waals surface area contributed by atoms with Gasteiger partial charge in [0.1, 0.15) is 5.69 Å². The van der Waals surface area contributed by atoms with Crippen LogP contribution in [0.5, 0.6) is 5.88 Å². The number of urea groups is 1. The Balaban J connectivity index is 1.59. The molecule has 1 saturated carbocycles. The Morgan fingerprint density at radius 3 is 2.77 bits per heavy atom. The number of ether oxygens (including phenoxy) is 1. The molecule has 2 fully saturated rings. The molecule has 2 amide bonds. The lowest BCUT2D eigenvalue weighted by Gasteiger charge is -2.43. The maximum absolute atomic E-state index is 12.5. The molecule has 7 heteroatoms. The van der Waals surface area contributed by atoms with Crippen molar-refractivity contribution in [3.05, 3.63) is 18.3 Å². The Morgan fingerprint density at radius 1 is 1.35 bits per heavy atom. The zero-order chi connectivity index (χ0) is 18.4. The van der Waals surface area contributed by atoms with Gasteiger partial charge in [0.2, 0.25) is 5.88 Å². The lowest BCUT2D eigenvalue weighted by atomic mass is 9.94. The molecule has 3 rings (SSSR count). The molecule has 1 aliphatic heterocycles. The third-order valence-corrected chi connectivity index (χ3v) is 6.10. The molecule has 6 nitrogen and oxygen atoms in total. The summed E-state index contributed by atoms with van der Waals surface area (Å²) >= 11 is 2.03. The summed E-state index contributed by atoms with van der Waals surface area (Å²) in [6.07, 6.45) is 6.53. The molecular weight excluding hydrogens is 348 g/mol. The van der Waals surface area contributed by atoms with E-state index in [1.54, 1.807) is 12.3 Å². The van der Waals surface area contributed by atoms with Crippen LogP contribution in [0.3, 0.4) is 0 Å². The number of thioether (sulfide) groups is 1. The Hall–Kier alpha value is -1.47. The van der Waals surface area contributed by atoms with Crippen molar-refractivity contribution in [2.24, 2.45) is 0 Å². The number of nitrogens with one attached hydrogen (secondary N) is 2. The summed E-state index contributed by atoms with van der Waals surface area (Å²) in [5.41, 5.74) is 0.735. The Morgan fingerprint density at radius 2 is 2.08 bits per heavy atom. The van der Waals surface area contributed by atoms with Gasteiger partial charge in [-0.05, 0) is 38.8 Å². The van der Waals surface area contributed by atoms with Gasteiger partial charge in [-0.25, -0.2) is 9.78 Å². The SMILES string of the molecule is CC(C)Oc1ncccc1NC(=O)NCC1(N2CCSCC2)CCCC1. The van der Waals surface area contributed by atoms with Crippen LogP contribution in [-0.4, -0.2) is 58.7 Å². The van der Waals surface area contributed by atoms with Gasteiger partial charge in [-0.3, -0.25) is 4.90 Å². The van der Waals surface area contributed by atoms with Crippen LogP contribution in [0.1, 0.15) is 39.5 Å². The molecule has 0 aromatic carbocycles. The highest BCUT2D eigenvalue weighted by molar-refractivity contribution is 7.99. The summed E-state index contributed by atoms with van der Waals surface area (Å²) in [7, 11) is 0. The fourth-order valence-corrected chi connectivity index (χ4v) is 4.79. The third-order valence-electron chi connectivity index (χ3n) is 5.16. The van der Waals surface area contributed by atoms with Crippen LogP contribution in [0.15, 0.2) is 18.3 Å². The number of aromatic nitrogens is 1. The lowest BCUT2D eigenvalue weighted by molar-refractivity contribution is 0.105. The maximum Gasteiger partial charge on any atom is 0.319 e. The van der Waals surface area contributed by atoms with Crippen LogP contribution in [-0.2, 0) is 0 Å². The molecular formula is C19H30N4O2S. The van der Waals surface area contributed by atoms with Gasteiger partial charge in [0.15, 0.2) is 0 Å². The highest BCUT2D eigenvalue weighted by Gasteiger charge is 2.40. The number of carbonyl (C=O) groups excluding carboxylic acids is 1. The average molecular weight is 379 g/mol. The minimum absolute atomic E-state index is 0.00670. The van der Waals surface area contributed by atoms with Gasteiger partial charge >= 0.3 is 6.03 Å². The summed E-state index contributed by atoms with van der Waals surface area (Å²) in [4.78, 5) is 19.3. The summed E-state index contributed by atoms with van der Waals surface area (Å²) in [5, 5.41) is 6.01. The van der Waals surface area contributed by atoms with Crippen LogP contribution < -0.4 is 15.4 Å². The number of rotatable bonds is 6. The average Bonchev–Trinajstić information content (AvgIpc) is 3.12. The molecule has 0 bridgehead atoms. The van der Waals surface area contributed by atoms with E-state index in [1.807, 2.05) is 31.7 Å². The Labute approximate surface area is 160 Å². The smallest absolute Gasteiger partial charge is 0.319 e. The first-order valence-electron chi connectivity index (χ1n) is 9.58. The van der Waals surface area contributed by atoms with Crippen molar-refractivity contribution in [3.63, 3.8) is 0 Å². The van der Waals surface area contributed by atoms with Crippen LogP contribution >= 0.6 is 11.8 Å². The van der Waals surface area contributed by atoms with Crippen molar-refractivity contribution in [2.45, 2.75) is 51.2 Å². The van der Waals surface area contributed by atoms with E-state index in [1.165, 1.54) is 37.2 Å². The first-order chi connectivity index (χ1) is 12.6. The molecule has 1 aromatic rings. The van der Waals surface area contributed by atoms with E-state index in [4.69, 9.17) is 4.74 Å². The number of anilines is 1. The normalized spacial score (nSPS) is 20.1. The van der Waals surface area contributed by atoms with Gasteiger partial charge in [-0.15, -0.1) is 0 Å². The van der Waals surface area contributed by atoms with Gasteiger partial charge in [0.25, 0.3) is 0 Å². The molecule has 26 heavy (non-hydrogen) atoms. The molecule has 2 heterocycles. The maximum atomic E-state index is 12.5. The van der Waals surface area contributed by atoms with Crippen molar-refractivity contribution in [3.8, 4) is 5.88 Å². The van der Waals surface area contributed by atoms with E-state index in [0.717, 1.165) is 13.1 Å². The highest BCUT2D eigenvalue weighted by atomic mass is 32.2. The number of amides is 2. The van der Waals surface area contributed by atoms with Crippen LogP contribution in [0.25, 0.3) is 0 Å². The monoisotopic (exact) mass is 378 g/mol. The third kappa shape index (κ3) is 4.82. The molecule has 144 valence electrons. The standard InChI is InChI=1S/C19H30N4O2S/c1-15(2)25-17-16(6-5-9-20-17)22-18(24)21-14-19(7-3-4-8-19)23-10-12-26-13-11-23/h5-6,9,15H,3-4,7-8,10-14H2,1-2H3,(H2,21,22,24). The second kappa shape index (κ2) is 8.95. The van der Waals surface area contributed by atoms with Gasteiger partial charge in [0, 0.05) is 42.9 Å². The molecule has 0 unspecified atom stereocenters. The highest BCUT2D eigenvalue weighted by Crippen LogP contribution is 2.36. The van der Waals surface area contributed by atoms with E-state index in [9.17, 15) is 4.79 Å². The largest absolute Gasteiger partial charge is 0.473 e. The predicted octanol–water partition coefficient (Wildman–Crippen LogP) is 3.35. The van der Waals surface area contributed by atoms with Crippen LogP contribution in [0, 0.1) is 0 Å². The molecule has 2 N–H and O–H groups in total. The zero-order valence-electron chi connectivity index (χ0n) is 15.8. The summed E-state index contributed by atoms with van der Waals surface area (Å²) in [6, 6.07) is 3.42. The van der Waals surface area contributed by atoms with Gasteiger partial charge in [0.05, 0.1) is 6.10 Å². The summed E-state index contributed by atoms with van der Waals surface area (Å²) in [6.45, 7) is 6.84. The van der Waals surface area contributed by atoms with Gasteiger partial charge in [-0.2, -0.15) is 11.8 Å². The molecule has 1 saturated heterocycles. The first-order valence-corrected chi connectivity index (χ1v) is 10.7. The van der Waals surface area contributed by atoms with Crippen LogP contribution in [0.4, 0.5) is 10.5 Å². The van der Waals surface area contributed by atoms with Crippen molar-refractivity contribution in [1.29, 1.82) is 0 Å². The molecule has 0 spiro atoms. The van der Waals surface area contributed by atoms with Gasteiger partial charge in [-0.1, -0.05) is 12.8 Å². The summed E-state index contributed by atoms with van der Waals surface area (Å²) < 4.78 is 5.67. The fraction of sp³-hybridized carbons (Fsp3) is 0.684. The number of hydrogen-bond acceptors (Lipinski definition) is 5.